The van der Waals surface area contributed by atoms with E-state index in [4.69, 9.17) is 0 Å². The maximum absolute atomic E-state index is 9.36. The van der Waals surface area contributed by atoms with Crippen LogP contribution in [0.3, 0.4) is 0 Å². The minimum absolute atomic E-state index is 0.0278. The number of hydrogen-bond acceptors (Lipinski definition) is 1. The molecule has 0 saturated carbocycles. The monoisotopic (exact) mass is 71.0 g/mol. The Morgan fingerprint density at radius 1 is 2.00 bits per heavy atom. The maximum Gasteiger partial charge on any atom is 0.125 e. The van der Waals surface area contributed by atoms with Gasteiger partial charge in [0.15, 0.2) is 0 Å². The lowest BCUT2D eigenvalue weighted by atomic mass is 10.9. The van der Waals surface area contributed by atoms with Crippen molar-refractivity contribution in [3.63, 3.8) is 0 Å². The zero-order valence-electron chi connectivity index (χ0n) is 2.41. The first-order chi connectivity index (χ1) is 1.73. The van der Waals surface area contributed by atoms with Gasteiger partial charge in [-0.25, -0.2) is 0 Å². The first-order valence-electron chi connectivity index (χ1n) is 0.954. The molecule has 0 aliphatic rings. The smallest absolute Gasteiger partial charge is 0.125 e. The van der Waals surface area contributed by atoms with Crippen molar-refractivity contribution < 1.29 is 4.79 Å². The molecule has 0 spiro atoms. The lowest BCUT2D eigenvalue weighted by Gasteiger charge is -1.55. The molecule has 0 aromatic rings. The molecule has 0 atom stereocenters. The minimum Gasteiger partial charge on any atom is -0.307 e. The van der Waals surface area contributed by atoms with Crippen molar-refractivity contribution in [1.82, 2.24) is 0 Å². The molecule has 0 aliphatic carbocycles. The molecule has 21 valence electrons. The van der Waals surface area contributed by atoms with Gasteiger partial charge in [-0.2, -0.15) is 0 Å². The van der Waals surface area contributed by atoms with E-state index in [-0.39, 0.29) is 5.41 Å². The molecule has 0 rings (SSSR count). The fourth-order valence-corrected chi connectivity index (χ4v) is 0. The van der Waals surface area contributed by atoms with Crippen LogP contribution in [-0.4, -0.2) is 15.6 Å². The van der Waals surface area contributed by atoms with Crippen LogP contribution >= 0.6 is 0 Å². The molecule has 0 unspecified atom stereocenters. The normalized spacial score (nSPS) is 6.50. The third kappa shape index (κ3) is 116. The summed E-state index contributed by atoms with van der Waals surface area (Å²) in [5.41, 5.74) is 0. The highest BCUT2D eigenvalue weighted by molar-refractivity contribution is 6.56. The number of rotatable bonds is 0. The molecule has 0 aromatic carbocycles. The molecule has 0 bridgehead atoms. The fraction of sp³-hybridized carbons (Fsp3) is 0.500. The lowest BCUT2D eigenvalue weighted by Crippen LogP contribution is -1.80. The Bertz CT molecular complexity index is 29.0. The van der Waals surface area contributed by atoms with Crippen LogP contribution in [0.2, 0.25) is 0 Å². The van der Waals surface area contributed by atoms with Gasteiger partial charge in [-0.1, -0.05) is 0 Å². The SMILES string of the molecule is CC(=O)[Si]. The zero-order valence-corrected chi connectivity index (χ0v) is 3.41. The van der Waals surface area contributed by atoms with E-state index in [0.29, 0.717) is 0 Å². The second kappa shape index (κ2) is 1.23. The third-order valence-electron chi connectivity index (χ3n) is 0. The second-order valence-corrected chi connectivity index (χ2v) is 1.26. The van der Waals surface area contributed by atoms with Gasteiger partial charge >= 0.3 is 0 Å². The summed E-state index contributed by atoms with van der Waals surface area (Å²) in [6.45, 7) is 1.44. The molecule has 0 aromatic heterocycles. The van der Waals surface area contributed by atoms with Crippen molar-refractivity contribution in [1.29, 1.82) is 0 Å². The summed E-state index contributed by atoms with van der Waals surface area (Å²) in [7, 11) is 2.67. The van der Waals surface area contributed by atoms with Crippen LogP contribution in [0, 0.1) is 0 Å². The molecular formula is C2H3OSi. The molecule has 0 saturated heterocycles. The summed E-state index contributed by atoms with van der Waals surface area (Å²) in [6, 6.07) is 0. The molecule has 0 heterocycles. The van der Waals surface area contributed by atoms with Crippen LogP contribution < -0.4 is 0 Å². The zero-order chi connectivity index (χ0) is 3.58. The van der Waals surface area contributed by atoms with E-state index in [9.17, 15) is 4.79 Å². The average molecular weight is 71.1 g/mol. The Morgan fingerprint density at radius 3 is 2.00 bits per heavy atom. The Kier molecular flexibility index (Phi) is 1.20. The Hall–Kier alpha value is -0.113. The first kappa shape index (κ1) is 3.89. The largest absolute Gasteiger partial charge is 0.307 e. The van der Waals surface area contributed by atoms with Crippen LogP contribution in [0.5, 0.6) is 0 Å². The summed E-state index contributed by atoms with van der Waals surface area (Å²) in [4.78, 5) is 9.36. The molecule has 4 heavy (non-hydrogen) atoms. The first-order valence-corrected chi connectivity index (χ1v) is 1.45. The highest BCUT2D eigenvalue weighted by Crippen LogP contribution is 1.40. The van der Waals surface area contributed by atoms with E-state index >= 15 is 0 Å². The summed E-state index contributed by atoms with van der Waals surface area (Å²) < 4.78 is 0. The van der Waals surface area contributed by atoms with E-state index in [0.717, 1.165) is 0 Å². The van der Waals surface area contributed by atoms with Gasteiger partial charge in [0, 0.05) is 0 Å². The highest BCUT2D eigenvalue weighted by atomic mass is 28.1. The Balaban J connectivity index is 2.80. The van der Waals surface area contributed by atoms with E-state index in [2.05, 4.69) is 10.2 Å². The van der Waals surface area contributed by atoms with Crippen molar-refractivity contribution in [2.24, 2.45) is 0 Å². The predicted octanol–water partition coefficient (Wildman–Crippen LogP) is -0.299. The molecule has 0 N–H and O–H groups in total. The van der Waals surface area contributed by atoms with Crippen LogP contribution in [0.4, 0.5) is 0 Å². The van der Waals surface area contributed by atoms with Gasteiger partial charge in [-0.05, 0) is 6.92 Å². The van der Waals surface area contributed by atoms with Crippen LogP contribution in [0.25, 0.3) is 0 Å². The van der Waals surface area contributed by atoms with Gasteiger partial charge in [-0.15, -0.1) is 0 Å². The van der Waals surface area contributed by atoms with Crippen molar-refractivity contribution in [3.05, 3.63) is 0 Å². The van der Waals surface area contributed by atoms with E-state index in [1.54, 1.807) is 0 Å². The molecule has 2 heteroatoms. The Labute approximate surface area is 28.4 Å². The van der Waals surface area contributed by atoms with Crippen LogP contribution in [-0.2, 0) is 4.79 Å². The fourth-order valence-electron chi connectivity index (χ4n) is 0. The minimum atomic E-state index is -0.0278. The van der Waals surface area contributed by atoms with E-state index in [1.165, 1.54) is 6.92 Å². The number of carbonyl (C=O) groups is 1. The van der Waals surface area contributed by atoms with Gasteiger partial charge in [-0.3, -0.25) is 0 Å². The highest BCUT2D eigenvalue weighted by Gasteiger charge is 1.63. The van der Waals surface area contributed by atoms with Gasteiger partial charge in [0.25, 0.3) is 0 Å². The average Bonchev–Trinajstić information content (AvgIpc) is 0.811. The van der Waals surface area contributed by atoms with Gasteiger partial charge in [0.2, 0.25) is 0 Å². The van der Waals surface area contributed by atoms with E-state index in [1.807, 2.05) is 0 Å². The summed E-state index contributed by atoms with van der Waals surface area (Å²) in [5.74, 6) is 0. The quantitative estimate of drug-likeness (QED) is 0.358. The summed E-state index contributed by atoms with van der Waals surface area (Å²) in [6.07, 6.45) is 0. The molecule has 0 aliphatic heterocycles. The second-order valence-electron chi connectivity index (χ2n) is 0.556. The molecule has 1 nitrogen and oxygen atoms in total. The number of carbonyl (C=O) groups excluding carboxylic acids is 1. The molecule has 0 amide bonds. The maximum atomic E-state index is 9.36. The molecule has 3 radical (unpaired) electrons. The van der Waals surface area contributed by atoms with Crippen LogP contribution in [0.15, 0.2) is 0 Å². The Morgan fingerprint density at radius 2 is 2.00 bits per heavy atom. The van der Waals surface area contributed by atoms with Gasteiger partial charge in [0.1, 0.15) is 15.6 Å². The predicted molar refractivity (Wildman–Crippen MR) is 16.4 cm³/mol. The molecule has 0 fully saturated rings. The van der Waals surface area contributed by atoms with Crippen molar-refractivity contribution >= 4 is 15.6 Å². The molecular weight excluding hydrogens is 68.1 g/mol. The third-order valence-corrected chi connectivity index (χ3v) is 0. The summed E-state index contributed by atoms with van der Waals surface area (Å²) >= 11 is 0. The lowest BCUT2D eigenvalue weighted by molar-refractivity contribution is -0.109. The number of hydrogen-bond donors (Lipinski definition) is 0. The van der Waals surface area contributed by atoms with Gasteiger partial charge < -0.3 is 4.79 Å². The van der Waals surface area contributed by atoms with Crippen molar-refractivity contribution in [2.45, 2.75) is 6.92 Å². The summed E-state index contributed by atoms with van der Waals surface area (Å²) in [5, 5.41) is -0.0278. The van der Waals surface area contributed by atoms with E-state index < -0.39 is 0 Å². The van der Waals surface area contributed by atoms with Crippen molar-refractivity contribution in [3.8, 4) is 0 Å². The topological polar surface area (TPSA) is 17.1 Å². The van der Waals surface area contributed by atoms with Crippen molar-refractivity contribution in [2.75, 3.05) is 0 Å². The van der Waals surface area contributed by atoms with Gasteiger partial charge in [0.05, 0.1) is 0 Å². The standard InChI is InChI=1S/C2H3OSi/c1-2(3)4/h1H3. The van der Waals surface area contributed by atoms with Crippen LogP contribution in [0.1, 0.15) is 6.92 Å².